The zero-order valence-corrected chi connectivity index (χ0v) is 14.0. The number of nitro benzene ring substituents is 1. The number of piperazine rings is 1. The number of hydrogen-bond acceptors (Lipinski definition) is 6. The first-order valence-corrected chi connectivity index (χ1v) is 8.95. The van der Waals surface area contributed by atoms with Gasteiger partial charge in [-0.25, -0.2) is 0 Å². The van der Waals surface area contributed by atoms with Gasteiger partial charge in [-0.3, -0.25) is 14.9 Å². The van der Waals surface area contributed by atoms with Gasteiger partial charge in [-0.2, -0.15) is 11.8 Å². The summed E-state index contributed by atoms with van der Waals surface area (Å²) in [5, 5.41) is 10.7. The minimum Gasteiger partial charge on any atom is -0.368 e. The van der Waals surface area contributed by atoms with E-state index in [1.807, 2.05) is 11.2 Å². The molecule has 0 aliphatic carbocycles. The summed E-state index contributed by atoms with van der Waals surface area (Å²) in [6.45, 7) is 2.67. The first-order chi connectivity index (χ1) is 11.0. The van der Waals surface area contributed by atoms with Gasteiger partial charge in [0.25, 0.3) is 5.69 Å². The molecule has 1 aliphatic heterocycles. The fourth-order valence-corrected chi connectivity index (χ4v) is 3.06. The third-order valence-electron chi connectivity index (χ3n) is 3.97. The Balaban J connectivity index is 1.88. The third kappa shape index (κ3) is 4.59. The molecule has 1 amide bonds. The van der Waals surface area contributed by atoms with Crippen LogP contribution in [0.5, 0.6) is 0 Å². The standard InChI is InChI=1S/C15H22N4O3S/c1-23-11-6-14(16)15(20)18-9-7-17(8-10-18)12-2-4-13(5-3-12)19(21)22/h2-5,14H,6-11,16H2,1H3/t14-/m0/s1. The van der Waals surface area contributed by atoms with Gasteiger partial charge in [0.15, 0.2) is 0 Å². The number of thioether (sulfide) groups is 1. The quantitative estimate of drug-likeness (QED) is 0.621. The number of amides is 1. The largest absolute Gasteiger partial charge is 0.368 e. The van der Waals surface area contributed by atoms with E-state index in [4.69, 9.17) is 5.73 Å². The van der Waals surface area contributed by atoms with Crippen LogP contribution in [0, 0.1) is 10.1 Å². The number of anilines is 1. The highest BCUT2D eigenvalue weighted by Crippen LogP contribution is 2.20. The number of benzene rings is 1. The van der Waals surface area contributed by atoms with Gasteiger partial charge in [-0.1, -0.05) is 0 Å². The number of nitrogens with zero attached hydrogens (tertiary/aromatic N) is 3. The molecule has 1 fully saturated rings. The molecule has 2 rings (SSSR count). The van der Waals surface area contributed by atoms with Gasteiger partial charge in [0.2, 0.25) is 5.91 Å². The van der Waals surface area contributed by atoms with E-state index in [0.29, 0.717) is 32.6 Å². The number of nitrogens with two attached hydrogens (primary N) is 1. The molecule has 0 saturated carbocycles. The Labute approximate surface area is 140 Å². The van der Waals surface area contributed by atoms with Crippen molar-refractivity contribution in [3.05, 3.63) is 34.4 Å². The molecule has 1 saturated heterocycles. The molecule has 0 radical (unpaired) electrons. The summed E-state index contributed by atoms with van der Waals surface area (Å²) < 4.78 is 0. The fraction of sp³-hybridized carbons (Fsp3) is 0.533. The molecule has 8 heteroatoms. The van der Waals surface area contributed by atoms with E-state index in [0.717, 1.165) is 11.4 Å². The van der Waals surface area contributed by atoms with Crippen LogP contribution in [-0.2, 0) is 4.79 Å². The van der Waals surface area contributed by atoms with E-state index < -0.39 is 11.0 Å². The van der Waals surface area contributed by atoms with Crippen molar-refractivity contribution in [2.75, 3.05) is 43.1 Å². The average Bonchev–Trinajstić information content (AvgIpc) is 2.59. The molecule has 7 nitrogen and oxygen atoms in total. The van der Waals surface area contributed by atoms with Crippen LogP contribution in [0.2, 0.25) is 0 Å². The highest BCUT2D eigenvalue weighted by molar-refractivity contribution is 7.98. The molecule has 23 heavy (non-hydrogen) atoms. The van der Waals surface area contributed by atoms with Crippen molar-refractivity contribution in [1.29, 1.82) is 0 Å². The maximum atomic E-state index is 12.3. The molecule has 1 aromatic rings. The van der Waals surface area contributed by atoms with Gasteiger partial charge < -0.3 is 15.5 Å². The van der Waals surface area contributed by atoms with E-state index in [2.05, 4.69) is 4.90 Å². The van der Waals surface area contributed by atoms with Gasteiger partial charge in [0.1, 0.15) is 0 Å². The molecule has 1 aromatic carbocycles. The molecule has 2 N–H and O–H groups in total. The second-order valence-electron chi connectivity index (χ2n) is 5.47. The zero-order valence-electron chi connectivity index (χ0n) is 13.2. The van der Waals surface area contributed by atoms with Crippen molar-refractivity contribution in [2.24, 2.45) is 5.73 Å². The van der Waals surface area contributed by atoms with Crippen LogP contribution >= 0.6 is 11.8 Å². The maximum Gasteiger partial charge on any atom is 0.269 e. The van der Waals surface area contributed by atoms with Crippen LogP contribution < -0.4 is 10.6 Å². The van der Waals surface area contributed by atoms with Gasteiger partial charge in [0.05, 0.1) is 11.0 Å². The molecule has 1 atom stereocenters. The molecule has 0 unspecified atom stereocenters. The van der Waals surface area contributed by atoms with E-state index in [9.17, 15) is 14.9 Å². The van der Waals surface area contributed by atoms with Crippen LogP contribution in [0.15, 0.2) is 24.3 Å². The Hall–Kier alpha value is -1.80. The first kappa shape index (κ1) is 17.6. The second kappa shape index (κ2) is 8.16. The second-order valence-corrected chi connectivity index (χ2v) is 6.46. The molecule has 1 heterocycles. The molecule has 0 bridgehead atoms. The smallest absolute Gasteiger partial charge is 0.269 e. The predicted molar refractivity (Wildman–Crippen MR) is 92.9 cm³/mol. The van der Waals surface area contributed by atoms with E-state index in [1.54, 1.807) is 23.9 Å². The fourth-order valence-electron chi connectivity index (χ4n) is 2.57. The SMILES string of the molecule is CSCC[C@H](N)C(=O)N1CCN(c2ccc([N+](=O)[O-])cc2)CC1. The van der Waals surface area contributed by atoms with E-state index >= 15 is 0 Å². The number of rotatable bonds is 6. The summed E-state index contributed by atoms with van der Waals surface area (Å²) in [5.74, 6) is 0.901. The Morgan fingerprint density at radius 2 is 1.91 bits per heavy atom. The van der Waals surface area contributed by atoms with Gasteiger partial charge in [-0.15, -0.1) is 0 Å². The summed E-state index contributed by atoms with van der Waals surface area (Å²) in [6, 6.07) is 6.09. The number of carbonyl (C=O) groups is 1. The minimum atomic E-state index is -0.423. The van der Waals surface area contributed by atoms with Crippen molar-refractivity contribution < 1.29 is 9.72 Å². The summed E-state index contributed by atoms with van der Waals surface area (Å²) in [7, 11) is 0. The summed E-state index contributed by atoms with van der Waals surface area (Å²) >= 11 is 1.69. The topological polar surface area (TPSA) is 92.7 Å². The lowest BCUT2D eigenvalue weighted by Crippen LogP contribution is -2.53. The first-order valence-electron chi connectivity index (χ1n) is 7.55. The lowest BCUT2D eigenvalue weighted by Gasteiger charge is -2.37. The van der Waals surface area contributed by atoms with E-state index in [1.165, 1.54) is 12.1 Å². The zero-order chi connectivity index (χ0) is 16.8. The number of carbonyl (C=O) groups excluding carboxylic acids is 1. The number of nitro groups is 1. The van der Waals surface area contributed by atoms with Gasteiger partial charge in [0, 0.05) is 44.0 Å². The van der Waals surface area contributed by atoms with Gasteiger partial charge >= 0.3 is 0 Å². The molecule has 0 spiro atoms. The lowest BCUT2D eigenvalue weighted by molar-refractivity contribution is -0.384. The van der Waals surface area contributed by atoms with Crippen molar-refractivity contribution >= 4 is 29.0 Å². The molecule has 1 aliphatic rings. The van der Waals surface area contributed by atoms with Crippen LogP contribution in [0.25, 0.3) is 0 Å². The summed E-state index contributed by atoms with van der Waals surface area (Å²) in [5.41, 5.74) is 6.97. The summed E-state index contributed by atoms with van der Waals surface area (Å²) in [4.78, 5) is 26.5. The minimum absolute atomic E-state index is 0.0161. The number of hydrogen-bond donors (Lipinski definition) is 1. The normalized spacial score (nSPS) is 16.3. The highest BCUT2D eigenvalue weighted by Gasteiger charge is 2.25. The molecule has 126 valence electrons. The predicted octanol–water partition coefficient (Wildman–Crippen LogP) is 1.32. The Kier molecular flexibility index (Phi) is 6.23. The Bertz CT molecular complexity index is 544. The van der Waals surface area contributed by atoms with Crippen LogP contribution in [0.1, 0.15) is 6.42 Å². The average molecular weight is 338 g/mol. The van der Waals surface area contributed by atoms with Crippen LogP contribution in [0.3, 0.4) is 0 Å². The van der Waals surface area contributed by atoms with Crippen LogP contribution in [0.4, 0.5) is 11.4 Å². The van der Waals surface area contributed by atoms with E-state index in [-0.39, 0.29) is 11.6 Å². The van der Waals surface area contributed by atoms with Gasteiger partial charge in [-0.05, 0) is 30.6 Å². The monoisotopic (exact) mass is 338 g/mol. The molecular formula is C15H22N4O3S. The lowest BCUT2D eigenvalue weighted by atomic mass is 10.2. The Morgan fingerprint density at radius 1 is 1.30 bits per heavy atom. The van der Waals surface area contributed by atoms with Crippen molar-refractivity contribution in [3.63, 3.8) is 0 Å². The molecular weight excluding hydrogens is 316 g/mol. The Morgan fingerprint density at radius 3 is 2.43 bits per heavy atom. The number of non-ortho nitro benzene ring substituents is 1. The van der Waals surface area contributed by atoms with Crippen molar-refractivity contribution in [3.8, 4) is 0 Å². The van der Waals surface area contributed by atoms with Crippen molar-refractivity contribution in [2.45, 2.75) is 12.5 Å². The summed E-state index contributed by atoms with van der Waals surface area (Å²) in [6.07, 6.45) is 2.70. The maximum absolute atomic E-state index is 12.3. The third-order valence-corrected chi connectivity index (χ3v) is 4.61. The molecule has 0 aromatic heterocycles. The highest BCUT2D eigenvalue weighted by atomic mass is 32.2. The van der Waals surface area contributed by atoms with Crippen molar-refractivity contribution in [1.82, 2.24) is 4.90 Å². The van der Waals surface area contributed by atoms with Crippen LogP contribution in [-0.4, -0.2) is 60.0 Å².